The topological polar surface area (TPSA) is 58.4 Å². The largest absolute Gasteiger partial charge is 0.508 e. The standard InChI is InChI=1S/C24H26ClN3O2/c1-16-23(17(2)28(26-16)15-20-5-3-4-6-22(20)25)24(30)27-13-11-19(12-14-27)18-7-9-21(29)10-8-18/h3-10,19,29H,11-15H2,1-2H3. The first-order chi connectivity index (χ1) is 14.4. The Morgan fingerprint density at radius 1 is 1.10 bits per heavy atom. The first-order valence-corrected chi connectivity index (χ1v) is 10.7. The van der Waals surface area contributed by atoms with Crippen LogP contribution in [0.2, 0.25) is 5.02 Å². The van der Waals surface area contributed by atoms with Crippen LogP contribution in [-0.2, 0) is 6.54 Å². The minimum absolute atomic E-state index is 0.0552. The smallest absolute Gasteiger partial charge is 0.257 e. The fourth-order valence-corrected chi connectivity index (χ4v) is 4.46. The Kier molecular flexibility index (Phi) is 5.82. The van der Waals surface area contributed by atoms with Gasteiger partial charge in [-0.25, -0.2) is 0 Å². The molecule has 1 amide bonds. The second-order valence-electron chi connectivity index (χ2n) is 7.95. The summed E-state index contributed by atoms with van der Waals surface area (Å²) in [4.78, 5) is 15.2. The third-order valence-electron chi connectivity index (χ3n) is 6.02. The van der Waals surface area contributed by atoms with Crippen LogP contribution in [0.1, 0.15) is 51.6 Å². The van der Waals surface area contributed by atoms with Crippen molar-refractivity contribution in [3.05, 3.63) is 81.6 Å². The number of carbonyl (C=O) groups is 1. The SMILES string of the molecule is Cc1nn(Cc2ccccc2Cl)c(C)c1C(=O)N1CCC(c2ccc(O)cc2)CC1. The number of phenolic OH excluding ortho intramolecular Hbond substituents is 1. The first kappa shape index (κ1) is 20.5. The molecule has 1 aliphatic heterocycles. The van der Waals surface area contributed by atoms with Crippen molar-refractivity contribution in [1.29, 1.82) is 0 Å². The van der Waals surface area contributed by atoms with Crippen LogP contribution in [-0.4, -0.2) is 38.8 Å². The third-order valence-corrected chi connectivity index (χ3v) is 6.39. The zero-order chi connectivity index (χ0) is 21.3. The van der Waals surface area contributed by atoms with Crippen molar-refractivity contribution in [3.8, 4) is 5.75 Å². The number of phenols is 1. The molecule has 1 saturated heterocycles. The molecule has 4 rings (SSSR count). The molecule has 156 valence electrons. The zero-order valence-corrected chi connectivity index (χ0v) is 18.1. The van der Waals surface area contributed by atoms with E-state index in [1.54, 1.807) is 12.1 Å². The molecule has 2 heterocycles. The van der Waals surface area contributed by atoms with E-state index in [1.165, 1.54) is 5.56 Å². The first-order valence-electron chi connectivity index (χ1n) is 10.3. The van der Waals surface area contributed by atoms with E-state index in [0.717, 1.165) is 42.9 Å². The summed E-state index contributed by atoms with van der Waals surface area (Å²) in [5.41, 5.74) is 4.53. The summed E-state index contributed by atoms with van der Waals surface area (Å²) >= 11 is 6.30. The fourth-order valence-electron chi connectivity index (χ4n) is 4.27. The number of hydrogen-bond acceptors (Lipinski definition) is 3. The number of nitrogens with zero attached hydrogens (tertiary/aromatic N) is 3. The van der Waals surface area contributed by atoms with Crippen LogP contribution < -0.4 is 0 Å². The maximum Gasteiger partial charge on any atom is 0.257 e. The van der Waals surface area contributed by atoms with Gasteiger partial charge in [-0.05, 0) is 61.9 Å². The summed E-state index contributed by atoms with van der Waals surface area (Å²) in [6.45, 7) is 5.83. The van der Waals surface area contributed by atoms with Crippen molar-refractivity contribution in [1.82, 2.24) is 14.7 Å². The van der Waals surface area contributed by atoms with Crippen molar-refractivity contribution < 1.29 is 9.90 Å². The van der Waals surface area contributed by atoms with E-state index in [0.29, 0.717) is 23.0 Å². The number of aromatic nitrogens is 2. The molecule has 0 radical (unpaired) electrons. The molecule has 2 aromatic carbocycles. The van der Waals surface area contributed by atoms with Gasteiger partial charge in [0.2, 0.25) is 0 Å². The molecule has 0 unspecified atom stereocenters. The maximum absolute atomic E-state index is 13.3. The van der Waals surface area contributed by atoms with Gasteiger partial charge in [0.25, 0.3) is 5.91 Å². The number of halogens is 1. The van der Waals surface area contributed by atoms with Crippen molar-refractivity contribution in [2.75, 3.05) is 13.1 Å². The predicted octanol–water partition coefficient (Wildman–Crippen LogP) is 4.93. The number of piperidine rings is 1. The summed E-state index contributed by atoms with van der Waals surface area (Å²) in [5.74, 6) is 0.755. The predicted molar refractivity (Wildman–Crippen MR) is 118 cm³/mol. The zero-order valence-electron chi connectivity index (χ0n) is 17.3. The highest BCUT2D eigenvalue weighted by Gasteiger charge is 2.28. The Morgan fingerprint density at radius 3 is 2.43 bits per heavy atom. The van der Waals surface area contributed by atoms with Gasteiger partial charge in [0.15, 0.2) is 0 Å². The number of amides is 1. The van der Waals surface area contributed by atoms with Gasteiger partial charge in [-0.2, -0.15) is 5.10 Å². The van der Waals surface area contributed by atoms with Crippen LogP contribution in [0.25, 0.3) is 0 Å². The van der Waals surface area contributed by atoms with Crippen LogP contribution in [0.15, 0.2) is 48.5 Å². The van der Waals surface area contributed by atoms with Crippen LogP contribution in [0.5, 0.6) is 5.75 Å². The van der Waals surface area contributed by atoms with Gasteiger partial charge >= 0.3 is 0 Å². The van der Waals surface area contributed by atoms with Crippen molar-refractivity contribution in [2.24, 2.45) is 0 Å². The summed E-state index contributed by atoms with van der Waals surface area (Å²) < 4.78 is 1.87. The van der Waals surface area contributed by atoms with E-state index in [1.807, 2.05) is 59.8 Å². The molecular formula is C24H26ClN3O2. The average molecular weight is 424 g/mol. The molecule has 1 aromatic heterocycles. The van der Waals surface area contributed by atoms with Gasteiger partial charge in [-0.1, -0.05) is 41.9 Å². The molecule has 1 fully saturated rings. The molecule has 0 spiro atoms. The third kappa shape index (κ3) is 4.08. The van der Waals surface area contributed by atoms with Gasteiger partial charge in [0, 0.05) is 23.8 Å². The van der Waals surface area contributed by atoms with Gasteiger partial charge in [0.1, 0.15) is 5.75 Å². The molecule has 30 heavy (non-hydrogen) atoms. The molecule has 1 N–H and O–H groups in total. The second-order valence-corrected chi connectivity index (χ2v) is 8.36. The van der Waals surface area contributed by atoms with Crippen LogP contribution in [0.3, 0.4) is 0 Å². The Balaban J connectivity index is 1.47. The summed E-state index contributed by atoms with van der Waals surface area (Å²) in [6, 6.07) is 15.1. The van der Waals surface area contributed by atoms with Crippen LogP contribution >= 0.6 is 11.6 Å². The van der Waals surface area contributed by atoms with Gasteiger partial charge in [-0.3, -0.25) is 9.48 Å². The van der Waals surface area contributed by atoms with E-state index in [2.05, 4.69) is 5.10 Å². The number of carbonyl (C=O) groups excluding carboxylic acids is 1. The lowest BCUT2D eigenvalue weighted by molar-refractivity contribution is 0.0711. The fraction of sp³-hybridized carbons (Fsp3) is 0.333. The van der Waals surface area contributed by atoms with E-state index < -0.39 is 0 Å². The summed E-state index contributed by atoms with van der Waals surface area (Å²) in [5, 5.41) is 14.8. The molecule has 0 saturated carbocycles. The Labute approximate surface area is 181 Å². The second kappa shape index (κ2) is 8.52. The summed E-state index contributed by atoms with van der Waals surface area (Å²) in [6.07, 6.45) is 1.84. The van der Waals surface area contributed by atoms with E-state index in [4.69, 9.17) is 11.6 Å². The molecule has 3 aromatic rings. The minimum atomic E-state index is 0.0552. The van der Waals surface area contributed by atoms with E-state index in [9.17, 15) is 9.90 Å². The van der Waals surface area contributed by atoms with E-state index in [-0.39, 0.29) is 11.7 Å². The molecule has 5 nitrogen and oxygen atoms in total. The Morgan fingerprint density at radius 2 is 1.77 bits per heavy atom. The number of aromatic hydroxyl groups is 1. The molecule has 0 bridgehead atoms. The lowest BCUT2D eigenvalue weighted by atomic mass is 9.89. The van der Waals surface area contributed by atoms with Crippen LogP contribution in [0, 0.1) is 13.8 Å². The molecule has 0 atom stereocenters. The average Bonchev–Trinajstić information content (AvgIpc) is 3.03. The normalized spacial score (nSPS) is 14.8. The molecular weight excluding hydrogens is 398 g/mol. The van der Waals surface area contributed by atoms with E-state index >= 15 is 0 Å². The molecule has 0 aliphatic carbocycles. The minimum Gasteiger partial charge on any atom is -0.508 e. The highest BCUT2D eigenvalue weighted by molar-refractivity contribution is 6.31. The quantitative estimate of drug-likeness (QED) is 0.647. The van der Waals surface area contributed by atoms with Crippen molar-refractivity contribution in [3.63, 3.8) is 0 Å². The van der Waals surface area contributed by atoms with Gasteiger partial charge < -0.3 is 10.0 Å². The Bertz CT molecular complexity index is 1050. The maximum atomic E-state index is 13.3. The number of hydrogen-bond donors (Lipinski definition) is 1. The Hall–Kier alpha value is -2.79. The molecule has 6 heteroatoms. The monoisotopic (exact) mass is 423 g/mol. The van der Waals surface area contributed by atoms with Gasteiger partial charge in [-0.15, -0.1) is 0 Å². The number of aryl methyl sites for hydroxylation is 1. The lowest BCUT2D eigenvalue weighted by Crippen LogP contribution is -2.38. The highest BCUT2D eigenvalue weighted by Crippen LogP contribution is 2.30. The number of rotatable bonds is 4. The number of benzene rings is 2. The lowest BCUT2D eigenvalue weighted by Gasteiger charge is -2.32. The van der Waals surface area contributed by atoms with Crippen molar-refractivity contribution >= 4 is 17.5 Å². The number of likely N-dealkylation sites (tertiary alicyclic amines) is 1. The highest BCUT2D eigenvalue weighted by atomic mass is 35.5. The van der Waals surface area contributed by atoms with Crippen molar-refractivity contribution in [2.45, 2.75) is 39.2 Å². The van der Waals surface area contributed by atoms with Crippen LogP contribution in [0.4, 0.5) is 0 Å². The molecule has 1 aliphatic rings. The summed E-state index contributed by atoms with van der Waals surface area (Å²) in [7, 11) is 0. The van der Waals surface area contributed by atoms with Gasteiger partial charge in [0.05, 0.1) is 17.8 Å².